The van der Waals surface area contributed by atoms with Crippen molar-refractivity contribution in [1.82, 2.24) is 34.3 Å². The highest BCUT2D eigenvalue weighted by atomic mass is 79.9. The lowest BCUT2D eigenvalue weighted by atomic mass is 10.1. The number of nitrogens with one attached hydrogen (secondary N) is 1. The minimum absolute atomic E-state index is 0.195. The Bertz CT molecular complexity index is 1430. The zero-order valence-corrected chi connectivity index (χ0v) is 19.8. The first kappa shape index (κ1) is 21.1. The number of amides is 1. The molecule has 0 spiro atoms. The molecule has 0 aliphatic heterocycles. The first-order valence-corrected chi connectivity index (χ1v) is 11.4. The Hall–Kier alpha value is -3.72. The van der Waals surface area contributed by atoms with Gasteiger partial charge in [0, 0.05) is 43.1 Å². The van der Waals surface area contributed by atoms with E-state index in [9.17, 15) is 4.79 Å². The number of aromatic nitrogens is 6. The van der Waals surface area contributed by atoms with Gasteiger partial charge in [-0.25, -0.2) is 9.50 Å². The lowest BCUT2D eigenvalue weighted by molar-refractivity contribution is 0.0934. The van der Waals surface area contributed by atoms with Gasteiger partial charge in [0.05, 0.1) is 16.2 Å². The molecule has 1 unspecified atom stereocenters. The predicted molar refractivity (Wildman–Crippen MR) is 129 cm³/mol. The Balaban J connectivity index is 1.41. The molecule has 0 fully saturated rings. The van der Waals surface area contributed by atoms with Gasteiger partial charge in [0.15, 0.2) is 11.3 Å². The number of aryl methyl sites for hydroxylation is 1. The van der Waals surface area contributed by atoms with E-state index in [2.05, 4.69) is 42.5 Å². The van der Waals surface area contributed by atoms with E-state index in [0.717, 1.165) is 33.7 Å². The third-order valence-electron chi connectivity index (χ3n) is 5.49. The fraction of sp³-hybridized carbons (Fsp3) is 0.167. The molecule has 0 saturated carbocycles. The zero-order valence-electron chi connectivity index (χ0n) is 18.2. The average Bonchev–Trinajstić information content (AvgIpc) is 3.58. The Morgan fingerprint density at radius 2 is 1.94 bits per heavy atom. The van der Waals surface area contributed by atoms with Crippen molar-refractivity contribution in [1.29, 1.82) is 0 Å². The summed E-state index contributed by atoms with van der Waals surface area (Å²) >= 11 is 3.57. The molecule has 0 bridgehead atoms. The number of halogens is 1. The summed E-state index contributed by atoms with van der Waals surface area (Å²) in [5.41, 5.74) is 4.43. The molecule has 9 heteroatoms. The van der Waals surface area contributed by atoms with Crippen LogP contribution in [0.25, 0.3) is 22.7 Å². The first-order chi connectivity index (χ1) is 16.0. The van der Waals surface area contributed by atoms with Crippen LogP contribution < -0.4 is 5.32 Å². The second-order valence-corrected chi connectivity index (χ2v) is 8.55. The highest BCUT2D eigenvalue weighted by Gasteiger charge is 2.19. The Kier molecular flexibility index (Phi) is 5.55. The van der Waals surface area contributed by atoms with E-state index in [0.29, 0.717) is 11.3 Å². The van der Waals surface area contributed by atoms with Crippen molar-refractivity contribution in [2.24, 2.45) is 0 Å². The lowest BCUT2D eigenvalue weighted by Gasteiger charge is -2.15. The lowest BCUT2D eigenvalue weighted by Crippen LogP contribution is -2.27. The maximum Gasteiger partial charge on any atom is 0.272 e. The van der Waals surface area contributed by atoms with E-state index in [1.807, 2.05) is 78.1 Å². The molecule has 33 heavy (non-hydrogen) atoms. The van der Waals surface area contributed by atoms with Crippen molar-refractivity contribution in [3.63, 3.8) is 0 Å². The van der Waals surface area contributed by atoms with Crippen molar-refractivity contribution in [3.8, 4) is 17.1 Å². The predicted octanol–water partition coefficient (Wildman–Crippen LogP) is 4.66. The number of rotatable bonds is 6. The van der Waals surface area contributed by atoms with Crippen LogP contribution in [0.5, 0.6) is 0 Å². The molecule has 8 nitrogen and oxygen atoms in total. The second-order valence-electron chi connectivity index (χ2n) is 7.69. The maximum atomic E-state index is 13.0. The van der Waals surface area contributed by atoms with Gasteiger partial charge in [-0.15, -0.1) is 0 Å². The fourth-order valence-electron chi connectivity index (χ4n) is 3.73. The van der Waals surface area contributed by atoms with Gasteiger partial charge in [-0.2, -0.15) is 10.2 Å². The molecule has 166 valence electrons. The van der Waals surface area contributed by atoms with Crippen molar-refractivity contribution in [2.45, 2.75) is 26.4 Å². The fourth-order valence-corrected chi connectivity index (χ4v) is 4.25. The molecule has 5 aromatic rings. The molecule has 4 heterocycles. The summed E-state index contributed by atoms with van der Waals surface area (Å²) in [7, 11) is 0. The van der Waals surface area contributed by atoms with E-state index in [1.165, 1.54) is 0 Å². The van der Waals surface area contributed by atoms with Gasteiger partial charge in [-0.1, -0.05) is 12.1 Å². The first-order valence-electron chi connectivity index (χ1n) is 10.7. The molecule has 0 saturated heterocycles. The summed E-state index contributed by atoms with van der Waals surface area (Å²) in [4.78, 5) is 17.4. The Morgan fingerprint density at radius 3 is 2.70 bits per heavy atom. The molecule has 0 aliphatic rings. The van der Waals surface area contributed by atoms with Gasteiger partial charge in [0.25, 0.3) is 5.91 Å². The highest BCUT2D eigenvalue weighted by molar-refractivity contribution is 9.10. The minimum atomic E-state index is -0.261. The quantitative estimate of drug-likeness (QED) is 0.365. The van der Waals surface area contributed by atoms with Gasteiger partial charge in [-0.3, -0.25) is 9.48 Å². The van der Waals surface area contributed by atoms with Crippen LogP contribution in [0, 0.1) is 0 Å². The average molecular weight is 504 g/mol. The minimum Gasteiger partial charge on any atom is -0.344 e. The van der Waals surface area contributed by atoms with Crippen LogP contribution in [0.2, 0.25) is 0 Å². The molecule has 4 aromatic heterocycles. The van der Waals surface area contributed by atoms with E-state index in [1.54, 1.807) is 16.8 Å². The van der Waals surface area contributed by atoms with Gasteiger partial charge in [0.1, 0.15) is 5.69 Å². The van der Waals surface area contributed by atoms with Crippen molar-refractivity contribution in [3.05, 3.63) is 89.0 Å². The smallest absolute Gasteiger partial charge is 0.272 e. The third kappa shape index (κ3) is 4.07. The van der Waals surface area contributed by atoms with Crippen LogP contribution >= 0.6 is 15.9 Å². The number of hydrogen-bond donors (Lipinski definition) is 1. The number of fused-ring (bicyclic) bond motifs is 1. The van der Waals surface area contributed by atoms with Crippen molar-refractivity contribution in [2.75, 3.05) is 0 Å². The summed E-state index contributed by atoms with van der Waals surface area (Å²) in [5, 5.41) is 12.2. The molecule has 1 N–H and O–H groups in total. The van der Waals surface area contributed by atoms with E-state index >= 15 is 0 Å². The molecule has 5 rings (SSSR count). The summed E-state index contributed by atoms with van der Waals surface area (Å²) in [6, 6.07) is 15.4. The molecular weight excluding hydrogens is 482 g/mol. The zero-order chi connectivity index (χ0) is 22.9. The number of carbonyl (C=O) groups is 1. The van der Waals surface area contributed by atoms with Gasteiger partial charge in [0.2, 0.25) is 0 Å². The number of carbonyl (C=O) groups excluding carboxylic acids is 1. The largest absolute Gasteiger partial charge is 0.344 e. The van der Waals surface area contributed by atoms with Crippen LogP contribution in [-0.4, -0.2) is 34.9 Å². The van der Waals surface area contributed by atoms with Crippen LogP contribution in [0.15, 0.2) is 77.8 Å². The van der Waals surface area contributed by atoms with E-state index in [-0.39, 0.29) is 11.9 Å². The molecule has 1 atom stereocenters. The molecule has 0 radical (unpaired) electrons. The number of hydrogen-bond acceptors (Lipinski definition) is 4. The van der Waals surface area contributed by atoms with Crippen LogP contribution in [0.4, 0.5) is 0 Å². The van der Waals surface area contributed by atoms with Crippen molar-refractivity contribution >= 4 is 27.5 Å². The number of benzene rings is 1. The third-order valence-corrected chi connectivity index (χ3v) is 6.07. The standard InChI is InChI=1S/C24H22BrN7O/c1-3-31-15-19(25)23(29-31)21-9-10-26-22-14-20(28-32(21)22)24(33)27-16(2)17-7-6-8-18(13-17)30-11-4-5-12-30/h4-16H,3H2,1-2H3,(H,27,33). The Morgan fingerprint density at radius 1 is 1.12 bits per heavy atom. The summed E-state index contributed by atoms with van der Waals surface area (Å²) in [5.74, 6) is -0.261. The Labute approximate surface area is 199 Å². The summed E-state index contributed by atoms with van der Waals surface area (Å²) in [6.07, 6.45) is 7.60. The molecule has 1 aromatic carbocycles. The van der Waals surface area contributed by atoms with Crippen LogP contribution in [-0.2, 0) is 6.54 Å². The highest BCUT2D eigenvalue weighted by Crippen LogP contribution is 2.27. The van der Waals surface area contributed by atoms with Gasteiger partial charge in [-0.05, 0) is 65.7 Å². The normalized spacial score (nSPS) is 12.2. The van der Waals surface area contributed by atoms with Gasteiger partial charge >= 0.3 is 0 Å². The monoisotopic (exact) mass is 503 g/mol. The summed E-state index contributed by atoms with van der Waals surface area (Å²) < 4.78 is 6.38. The second kappa shape index (κ2) is 8.67. The molecular formula is C24H22BrN7O. The maximum absolute atomic E-state index is 13.0. The van der Waals surface area contributed by atoms with E-state index < -0.39 is 0 Å². The summed E-state index contributed by atoms with van der Waals surface area (Å²) in [6.45, 7) is 4.74. The van der Waals surface area contributed by atoms with Crippen molar-refractivity contribution < 1.29 is 4.79 Å². The van der Waals surface area contributed by atoms with E-state index in [4.69, 9.17) is 0 Å². The van der Waals surface area contributed by atoms with Crippen LogP contribution in [0.3, 0.4) is 0 Å². The van der Waals surface area contributed by atoms with Gasteiger partial charge < -0.3 is 9.88 Å². The SMILES string of the molecule is CCn1cc(Br)c(-c2ccnc3cc(C(=O)NC(C)c4cccc(-n5cccc5)c4)nn23)n1. The molecule has 0 aliphatic carbocycles. The topological polar surface area (TPSA) is 82.0 Å². The van der Waals surface area contributed by atoms with Crippen LogP contribution in [0.1, 0.15) is 35.9 Å². The number of nitrogens with zero attached hydrogens (tertiary/aromatic N) is 6. The molecule has 1 amide bonds.